The number of hydrogen-bond donors (Lipinski definition) is 0. The lowest BCUT2D eigenvalue weighted by Crippen LogP contribution is -2.37. The van der Waals surface area contributed by atoms with Crippen molar-refractivity contribution in [1.29, 1.82) is 0 Å². The minimum atomic E-state index is -3.36. The van der Waals surface area contributed by atoms with Crippen LogP contribution in [0, 0.1) is 0 Å². The maximum atomic E-state index is 12.4. The second kappa shape index (κ2) is 8.87. The van der Waals surface area contributed by atoms with Gasteiger partial charge in [0.05, 0.1) is 24.5 Å². The van der Waals surface area contributed by atoms with E-state index in [1.165, 1.54) is 6.07 Å². The van der Waals surface area contributed by atoms with Crippen molar-refractivity contribution in [2.45, 2.75) is 11.3 Å². The molecule has 0 aromatic heterocycles. The molecule has 1 aromatic carbocycles. The Balaban J connectivity index is 2.89. The van der Waals surface area contributed by atoms with Gasteiger partial charge in [0.1, 0.15) is 0 Å². The van der Waals surface area contributed by atoms with Gasteiger partial charge in [-0.25, -0.2) is 8.42 Å². The Labute approximate surface area is 131 Å². The lowest BCUT2D eigenvalue weighted by Gasteiger charge is -2.22. The van der Waals surface area contributed by atoms with Crippen LogP contribution >= 0.6 is 0 Å². The lowest BCUT2D eigenvalue weighted by atomic mass is 10.1. The summed E-state index contributed by atoms with van der Waals surface area (Å²) in [6.07, 6.45) is 1.18. The third-order valence-electron chi connectivity index (χ3n) is 3.20. The molecule has 0 radical (unpaired) electrons. The second-order valence-corrected chi connectivity index (χ2v) is 6.91. The molecule has 0 aliphatic rings. The fourth-order valence-electron chi connectivity index (χ4n) is 2.05. The molecule has 1 aromatic rings. The molecule has 0 saturated carbocycles. The highest BCUT2D eigenvalue weighted by Crippen LogP contribution is 2.16. The molecular weight excluding hydrogens is 306 g/mol. The molecule has 0 atom stereocenters. The summed E-state index contributed by atoms with van der Waals surface area (Å²) in [4.78, 5) is 14.2. The molecule has 0 fully saturated rings. The van der Waals surface area contributed by atoms with E-state index in [1.54, 1.807) is 37.3 Å². The van der Waals surface area contributed by atoms with Crippen LogP contribution in [0.4, 0.5) is 0 Å². The summed E-state index contributed by atoms with van der Waals surface area (Å²) in [5.74, 6) is -0.148. The van der Waals surface area contributed by atoms with Gasteiger partial charge in [0, 0.05) is 33.6 Å². The zero-order chi connectivity index (χ0) is 16.6. The third-order valence-corrected chi connectivity index (χ3v) is 4.39. The number of amides is 1. The Kier molecular flexibility index (Phi) is 7.50. The first-order valence-electron chi connectivity index (χ1n) is 6.93. The van der Waals surface area contributed by atoms with Crippen molar-refractivity contribution >= 4 is 15.7 Å². The molecule has 1 amide bonds. The fraction of sp³-hybridized carbons (Fsp3) is 0.533. The van der Waals surface area contributed by atoms with Crippen molar-refractivity contribution in [3.05, 3.63) is 29.8 Å². The standard InChI is InChI=1S/C15H23NO5S/c1-20-10-8-16(9-11-21-2)15(17)12-13-6-4-5-7-14(13)22(3,18)19/h4-7H,8-12H2,1-3H3. The highest BCUT2D eigenvalue weighted by molar-refractivity contribution is 7.90. The first-order chi connectivity index (χ1) is 10.4. The van der Waals surface area contributed by atoms with Crippen LogP contribution in [0.5, 0.6) is 0 Å². The molecule has 0 bridgehead atoms. The second-order valence-electron chi connectivity index (χ2n) is 4.92. The third kappa shape index (κ3) is 5.75. The first kappa shape index (κ1) is 18.6. The van der Waals surface area contributed by atoms with E-state index in [-0.39, 0.29) is 17.2 Å². The van der Waals surface area contributed by atoms with Crippen molar-refractivity contribution in [2.75, 3.05) is 46.8 Å². The SMILES string of the molecule is COCCN(CCOC)C(=O)Cc1ccccc1S(C)(=O)=O. The van der Waals surface area contributed by atoms with Crippen LogP contribution in [0.2, 0.25) is 0 Å². The number of carbonyl (C=O) groups excluding carboxylic acids is 1. The van der Waals surface area contributed by atoms with Crippen LogP contribution in [0.15, 0.2) is 29.2 Å². The molecular formula is C15H23NO5S. The molecule has 0 aliphatic heterocycles. The minimum Gasteiger partial charge on any atom is -0.383 e. The molecule has 0 N–H and O–H groups in total. The maximum absolute atomic E-state index is 12.4. The monoisotopic (exact) mass is 329 g/mol. The summed E-state index contributed by atoms with van der Waals surface area (Å²) in [7, 11) is -0.224. The van der Waals surface area contributed by atoms with Gasteiger partial charge in [-0.3, -0.25) is 4.79 Å². The average molecular weight is 329 g/mol. The van der Waals surface area contributed by atoms with Crippen LogP contribution in [0.1, 0.15) is 5.56 Å². The highest BCUT2D eigenvalue weighted by Gasteiger charge is 2.18. The zero-order valence-corrected chi connectivity index (χ0v) is 14.1. The molecule has 0 heterocycles. The van der Waals surface area contributed by atoms with Crippen molar-refractivity contribution in [3.63, 3.8) is 0 Å². The number of carbonyl (C=O) groups is 1. The molecule has 7 heteroatoms. The Morgan fingerprint density at radius 2 is 1.64 bits per heavy atom. The first-order valence-corrected chi connectivity index (χ1v) is 8.83. The van der Waals surface area contributed by atoms with E-state index in [1.807, 2.05) is 0 Å². The number of nitrogens with zero attached hydrogens (tertiary/aromatic N) is 1. The maximum Gasteiger partial charge on any atom is 0.227 e. The molecule has 6 nitrogen and oxygen atoms in total. The number of benzene rings is 1. The molecule has 0 saturated heterocycles. The van der Waals surface area contributed by atoms with E-state index in [2.05, 4.69) is 0 Å². The summed E-state index contributed by atoms with van der Waals surface area (Å²) in [6.45, 7) is 1.73. The van der Waals surface area contributed by atoms with Gasteiger partial charge in [-0.05, 0) is 11.6 Å². The van der Waals surface area contributed by atoms with Crippen LogP contribution < -0.4 is 0 Å². The quantitative estimate of drug-likeness (QED) is 0.668. The lowest BCUT2D eigenvalue weighted by molar-refractivity contribution is -0.131. The number of rotatable bonds is 9. The highest BCUT2D eigenvalue weighted by atomic mass is 32.2. The normalized spacial score (nSPS) is 11.4. The van der Waals surface area contributed by atoms with E-state index >= 15 is 0 Å². The summed E-state index contributed by atoms with van der Waals surface area (Å²) in [5.41, 5.74) is 0.509. The molecule has 0 spiro atoms. The summed E-state index contributed by atoms with van der Waals surface area (Å²) in [6, 6.07) is 6.57. The van der Waals surface area contributed by atoms with Gasteiger partial charge in [0.25, 0.3) is 0 Å². The fourth-order valence-corrected chi connectivity index (χ4v) is 2.99. The number of methoxy groups -OCH3 is 2. The smallest absolute Gasteiger partial charge is 0.227 e. The predicted octanol–water partition coefficient (Wildman–Crippen LogP) is 0.754. The van der Waals surface area contributed by atoms with Crippen LogP contribution in [0.25, 0.3) is 0 Å². The van der Waals surface area contributed by atoms with Gasteiger partial charge in [0.15, 0.2) is 9.84 Å². The van der Waals surface area contributed by atoms with E-state index in [9.17, 15) is 13.2 Å². The van der Waals surface area contributed by atoms with Gasteiger partial charge >= 0.3 is 0 Å². The van der Waals surface area contributed by atoms with Gasteiger partial charge in [0.2, 0.25) is 5.91 Å². The van der Waals surface area contributed by atoms with Crippen molar-refractivity contribution in [3.8, 4) is 0 Å². The number of hydrogen-bond acceptors (Lipinski definition) is 5. The Morgan fingerprint density at radius 3 is 2.14 bits per heavy atom. The van der Waals surface area contributed by atoms with E-state index in [0.717, 1.165) is 6.26 Å². The largest absolute Gasteiger partial charge is 0.383 e. The zero-order valence-electron chi connectivity index (χ0n) is 13.2. The van der Waals surface area contributed by atoms with Gasteiger partial charge in [-0.1, -0.05) is 18.2 Å². The van der Waals surface area contributed by atoms with E-state index < -0.39 is 9.84 Å². The topological polar surface area (TPSA) is 72.9 Å². The number of ether oxygens (including phenoxy) is 2. The Bertz CT molecular complexity index is 577. The molecule has 0 unspecified atom stereocenters. The van der Waals surface area contributed by atoms with Crippen molar-refractivity contribution < 1.29 is 22.7 Å². The van der Waals surface area contributed by atoms with Crippen molar-refractivity contribution in [2.24, 2.45) is 0 Å². The van der Waals surface area contributed by atoms with E-state index in [4.69, 9.17) is 9.47 Å². The summed E-state index contributed by atoms with van der Waals surface area (Å²) in [5, 5.41) is 0. The van der Waals surface area contributed by atoms with Gasteiger partial charge in [-0.15, -0.1) is 0 Å². The van der Waals surface area contributed by atoms with Crippen LogP contribution in [-0.4, -0.2) is 66.0 Å². The predicted molar refractivity (Wildman–Crippen MR) is 83.6 cm³/mol. The van der Waals surface area contributed by atoms with Gasteiger partial charge in [-0.2, -0.15) is 0 Å². The van der Waals surface area contributed by atoms with Crippen LogP contribution in [0.3, 0.4) is 0 Å². The number of sulfone groups is 1. The summed E-state index contributed by atoms with van der Waals surface area (Å²) >= 11 is 0. The van der Waals surface area contributed by atoms with E-state index in [0.29, 0.717) is 31.9 Å². The molecule has 124 valence electrons. The Hall–Kier alpha value is -1.44. The molecule has 1 rings (SSSR count). The van der Waals surface area contributed by atoms with Crippen molar-refractivity contribution in [1.82, 2.24) is 4.90 Å². The molecule has 22 heavy (non-hydrogen) atoms. The van der Waals surface area contributed by atoms with Gasteiger partial charge < -0.3 is 14.4 Å². The Morgan fingerprint density at radius 1 is 1.09 bits per heavy atom. The average Bonchev–Trinajstić information content (AvgIpc) is 2.46. The summed E-state index contributed by atoms with van der Waals surface area (Å²) < 4.78 is 33.6. The van der Waals surface area contributed by atoms with Crippen LogP contribution in [-0.2, 0) is 30.5 Å². The minimum absolute atomic E-state index is 0.0384. The molecule has 0 aliphatic carbocycles.